The standard InChI is InChI=1S/C23H25BrN2O2/c24-17-4-6-18(7-5-17)27-14-15-28-21-8-3-16-2-1-13-26-20-10-12-25-11-9-19(20)22(21)23(16)26/h3-8,25H,1-2,9-15H2. The largest absolute Gasteiger partial charge is 0.490 e. The molecule has 0 amide bonds. The molecule has 0 saturated carbocycles. The quantitative estimate of drug-likeness (QED) is 0.593. The Bertz CT molecular complexity index is 994. The first-order valence-electron chi connectivity index (χ1n) is 10.2. The van der Waals surface area contributed by atoms with Crippen molar-refractivity contribution in [1.82, 2.24) is 9.88 Å². The first-order valence-corrected chi connectivity index (χ1v) is 11.0. The number of nitrogens with zero attached hydrogens (tertiary/aromatic N) is 1. The van der Waals surface area contributed by atoms with Gasteiger partial charge in [0, 0.05) is 35.1 Å². The van der Waals surface area contributed by atoms with Crippen LogP contribution in [-0.2, 0) is 25.8 Å². The summed E-state index contributed by atoms with van der Waals surface area (Å²) in [5.74, 6) is 1.88. The van der Waals surface area contributed by atoms with Crippen LogP contribution in [0.15, 0.2) is 40.9 Å². The highest BCUT2D eigenvalue weighted by molar-refractivity contribution is 9.10. The summed E-state index contributed by atoms with van der Waals surface area (Å²) in [6.07, 6.45) is 4.59. The molecule has 0 atom stereocenters. The lowest BCUT2D eigenvalue weighted by molar-refractivity contribution is 0.218. The van der Waals surface area contributed by atoms with Crippen LogP contribution < -0.4 is 14.8 Å². The topological polar surface area (TPSA) is 35.4 Å². The molecule has 0 aliphatic carbocycles. The predicted molar refractivity (Wildman–Crippen MR) is 116 cm³/mol. The van der Waals surface area contributed by atoms with Crippen LogP contribution in [-0.4, -0.2) is 30.9 Å². The maximum atomic E-state index is 6.24. The summed E-state index contributed by atoms with van der Waals surface area (Å²) < 4.78 is 15.7. The lowest BCUT2D eigenvalue weighted by Gasteiger charge is -2.19. The zero-order valence-corrected chi connectivity index (χ0v) is 17.6. The van der Waals surface area contributed by atoms with E-state index < -0.39 is 0 Å². The third-order valence-corrected chi connectivity index (χ3v) is 6.34. The molecule has 3 aromatic rings. The molecule has 1 N–H and O–H groups in total. The summed E-state index contributed by atoms with van der Waals surface area (Å²) in [5.41, 5.74) is 5.90. The van der Waals surface area contributed by atoms with Crippen LogP contribution in [0.1, 0.15) is 23.2 Å². The molecule has 2 aromatic carbocycles. The Morgan fingerprint density at radius 1 is 0.929 bits per heavy atom. The normalized spacial score (nSPS) is 15.9. The lowest BCUT2D eigenvalue weighted by atomic mass is 10.0. The molecule has 5 heteroatoms. The SMILES string of the molecule is Brc1ccc(OCCOc2ccc3c4c2c2c(n4CCC3)CCNCC2)cc1. The third kappa shape index (κ3) is 3.31. The van der Waals surface area contributed by atoms with Crippen LogP contribution in [0.4, 0.5) is 0 Å². The van der Waals surface area contributed by atoms with Gasteiger partial charge < -0.3 is 19.4 Å². The minimum absolute atomic E-state index is 0.537. The van der Waals surface area contributed by atoms with Crippen LogP contribution in [0.2, 0.25) is 0 Å². The molecule has 5 rings (SSSR count). The van der Waals surface area contributed by atoms with Crippen molar-refractivity contribution in [2.75, 3.05) is 26.3 Å². The monoisotopic (exact) mass is 440 g/mol. The molecular weight excluding hydrogens is 416 g/mol. The summed E-state index contributed by atoms with van der Waals surface area (Å²) >= 11 is 3.45. The van der Waals surface area contributed by atoms with Crippen LogP contribution in [0.3, 0.4) is 0 Å². The Labute approximate surface area is 174 Å². The fourth-order valence-electron chi connectivity index (χ4n) is 4.60. The fraction of sp³-hybridized carbons (Fsp3) is 0.391. The van der Waals surface area contributed by atoms with E-state index >= 15 is 0 Å². The van der Waals surface area contributed by atoms with Gasteiger partial charge in [-0.1, -0.05) is 22.0 Å². The highest BCUT2D eigenvalue weighted by atomic mass is 79.9. The van der Waals surface area contributed by atoms with Gasteiger partial charge in [0.1, 0.15) is 24.7 Å². The van der Waals surface area contributed by atoms with Gasteiger partial charge in [-0.15, -0.1) is 0 Å². The van der Waals surface area contributed by atoms with E-state index in [1.807, 2.05) is 24.3 Å². The second-order valence-electron chi connectivity index (χ2n) is 7.53. The van der Waals surface area contributed by atoms with Crippen LogP contribution in [0, 0.1) is 0 Å². The van der Waals surface area contributed by atoms with Gasteiger partial charge in [-0.2, -0.15) is 0 Å². The van der Waals surface area contributed by atoms with Crippen LogP contribution >= 0.6 is 15.9 Å². The van der Waals surface area contributed by atoms with Gasteiger partial charge >= 0.3 is 0 Å². The minimum Gasteiger partial charge on any atom is -0.490 e. The van der Waals surface area contributed by atoms with E-state index in [2.05, 4.69) is 37.9 Å². The Hall–Kier alpha value is -1.98. The number of halogens is 1. The zero-order valence-electron chi connectivity index (χ0n) is 16.0. The summed E-state index contributed by atoms with van der Waals surface area (Å²) in [7, 11) is 0. The van der Waals surface area contributed by atoms with Crippen molar-refractivity contribution < 1.29 is 9.47 Å². The maximum Gasteiger partial charge on any atom is 0.129 e. The van der Waals surface area contributed by atoms with Gasteiger partial charge in [-0.25, -0.2) is 0 Å². The van der Waals surface area contributed by atoms with E-state index in [-0.39, 0.29) is 0 Å². The molecular formula is C23H25BrN2O2. The van der Waals surface area contributed by atoms with Crippen molar-refractivity contribution in [1.29, 1.82) is 0 Å². The second kappa shape index (κ2) is 7.80. The maximum absolute atomic E-state index is 6.24. The number of rotatable bonds is 5. The van der Waals surface area contributed by atoms with E-state index in [1.54, 1.807) is 0 Å². The summed E-state index contributed by atoms with van der Waals surface area (Å²) in [5, 5.41) is 4.89. The average Bonchev–Trinajstić information content (AvgIpc) is 2.88. The number of aromatic nitrogens is 1. The minimum atomic E-state index is 0.537. The van der Waals surface area contributed by atoms with E-state index in [0.717, 1.165) is 48.4 Å². The molecule has 0 saturated heterocycles. The first-order chi connectivity index (χ1) is 13.8. The Morgan fingerprint density at radius 2 is 1.75 bits per heavy atom. The molecule has 3 heterocycles. The van der Waals surface area contributed by atoms with Crippen molar-refractivity contribution in [3.8, 4) is 11.5 Å². The number of ether oxygens (including phenoxy) is 2. The van der Waals surface area contributed by atoms with Crippen molar-refractivity contribution in [2.45, 2.75) is 32.2 Å². The smallest absolute Gasteiger partial charge is 0.129 e. The third-order valence-electron chi connectivity index (χ3n) is 5.81. The van der Waals surface area contributed by atoms with Gasteiger partial charge in [0.15, 0.2) is 0 Å². The molecule has 0 bridgehead atoms. The first kappa shape index (κ1) is 18.1. The van der Waals surface area contributed by atoms with Crippen LogP contribution in [0.25, 0.3) is 10.9 Å². The second-order valence-corrected chi connectivity index (χ2v) is 8.44. The number of aryl methyl sites for hydroxylation is 2. The average molecular weight is 441 g/mol. The molecule has 0 fully saturated rings. The molecule has 1 aromatic heterocycles. The van der Waals surface area contributed by atoms with Gasteiger partial charge in [0.05, 0.1) is 5.52 Å². The molecule has 146 valence electrons. The highest BCUT2D eigenvalue weighted by Gasteiger charge is 2.25. The summed E-state index contributed by atoms with van der Waals surface area (Å²) in [6.45, 7) is 4.32. The fourth-order valence-corrected chi connectivity index (χ4v) is 4.86. The summed E-state index contributed by atoms with van der Waals surface area (Å²) in [4.78, 5) is 0. The number of hydrogen-bond donors (Lipinski definition) is 1. The number of hydrogen-bond acceptors (Lipinski definition) is 3. The molecule has 0 unspecified atom stereocenters. The van der Waals surface area contributed by atoms with E-state index in [4.69, 9.17) is 9.47 Å². The van der Waals surface area contributed by atoms with Crippen molar-refractivity contribution in [2.24, 2.45) is 0 Å². The van der Waals surface area contributed by atoms with E-state index in [1.165, 1.54) is 40.6 Å². The number of benzene rings is 2. The molecule has 0 radical (unpaired) electrons. The van der Waals surface area contributed by atoms with Gasteiger partial charge in [0.2, 0.25) is 0 Å². The van der Waals surface area contributed by atoms with Gasteiger partial charge in [0.25, 0.3) is 0 Å². The van der Waals surface area contributed by atoms with E-state index in [9.17, 15) is 0 Å². The van der Waals surface area contributed by atoms with Crippen molar-refractivity contribution in [3.05, 3.63) is 57.7 Å². The van der Waals surface area contributed by atoms with Crippen molar-refractivity contribution >= 4 is 26.8 Å². The Morgan fingerprint density at radius 3 is 2.64 bits per heavy atom. The summed E-state index contributed by atoms with van der Waals surface area (Å²) in [6, 6.07) is 12.4. The molecule has 28 heavy (non-hydrogen) atoms. The number of fused-ring (bicyclic) bond motifs is 3. The Kier molecular flexibility index (Phi) is 5.03. The van der Waals surface area contributed by atoms with Gasteiger partial charge in [-0.3, -0.25) is 0 Å². The van der Waals surface area contributed by atoms with E-state index in [0.29, 0.717) is 13.2 Å². The van der Waals surface area contributed by atoms with Gasteiger partial charge in [-0.05, 0) is 67.3 Å². The lowest BCUT2D eigenvalue weighted by Crippen LogP contribution is -2.18. The van der Waals surface area contributed by atoms with Crippen LogP contribution in [0.5, 0.6) is 11.5 Å². The molecule has 4 nitrogen and oxygen atoms in total. The Balaban J connectivity index is 1.40. The number of nitrogens with one attached hydrogen (secondary N) is 1. The molecule has 0 spiro atoms. The zero-order chi connectivity index (χ0) is 18.9. The molecule has 2 aliphatic heterocycles. The molecule has 2 aliphatic rings. The van der Waals surface area contributed by atoms with Crippen molar-refractivity contribution in [3.63, 3.8) is 0 Å². The highest BCUT2D eigenvalue weighted by Crippen LogP contribution is 2.39. The predicted octanol–water partition coefficient (Wildman–Crippen LogP) is 4.50.